The van der Waals surface area contributed by atoms with Crippen LogP contribution in [0.15, 0.2) is 0 Å². The van der Waals surface area contributed by atoms with Gasteiger partial charge in [0.05, 0.1) is 12.1 Å². The predicted molar refractivity (Wildman–Crippen MR) is 75.9 cm³/mol. The van der Waals surface area contributed by atoms with Crippen molar-refractivity contribution in [2.24, 2.45) is 5.92 Å². The lowest BCUT2D eigenvalue weighted by atomic mass is 9.86. The molecule has 2 rings (SSSR count). The minimum atomic E-state index is -0.104. The predicted octanol–water partition coefficient (Wildman–Crippen LogP) is 1.53. The highest BCUT2D eigenvalue weighted by molar-refractivity contribution is 5.82. The number of hydrogen-bond acceptors (Lipinski definition) is 3. The number of carbonyl (C=O) groups excluding carboxylic acids is 1. The topological polar surface area (TPSA) is 52.6 Å². The Bertz CT molecular complexity index is 288. The van der Waals surface area contributed by atoms with E-state index in [1.807, 2.05) is 0 Å². The molecule has 1 aliphatic heterocycles. The number of piperidine rings is 1. The van der Waals surface area contributed by atoms with Crippen molar-refractivity contribution in [3.8, 4) is 0 Å². The van der Waals surface area contributed by atoms with E-state index in [1.54, 1.807) is 0 Å². The van der Waals surface area contributed by atoms with E-state index in [1.165, 1.54) is 0 Å². The molecule has 2 N–H and O–H groups in total. The highest BCUT2D eigenvalue weighted by Crippen LogP contribution is 2.26. The standard InChI is InChI=1S/C15H28N2O2/c1-2-9-16-14-4-3-10-17(15(14)19)11-12-5-7-13(18)8-6-12/h12-14,16,18H,2-11H2,1H3. The Kier molecular flexibility index (Phi) is 5.64. The van der Waals surface area contributed by atoms with Gasteiger partial charge in [0.2, 0.25) is 5.91 Å². The van der Waals surface area contributed by atoms with Gasteiger partial charge in [0.25, 0.3) is 0 Å². The number of rotatable bonds is 5. The fourth-order valence-corrected chi connectivity index (χ4v) is 3.27. The van der Waals surface area contributed by atoms with Crippen molar-refractivity contribution in [3.05, 3.63) is 0 Å². The molecule has 0 aromatic heterocycles. The lowest BCUT2D eigenvalue weighted by Gasteiger charge is -2.36. The number of carbonyl (C=O) groups is 1. The quantitative estimate of drug-likeness (QED) is 0.795. The van der Waals surface area contributed by atoms with Gasteiger partial charge >= 0.3 is 0 Å². The minimum absolute atomic E-state index is 0.0443. The van der Waals surface area contributed by atoms with E-state index in [9.17, 15) is 9.90 Å². The summed E-state index contributed by atoms with van der Waals surface area (Å²) in [5.74, 6) is 0.892. The summed E-state index contributed by atoms with van der Waals surface area (Å²) in [6.07, 6.45) is 7.02. The molecule has 1 saturated heterocycles. The maximum Gasteiger partial charge on any atom is 0.239 e. The molecule has 0 aromatic carbocycles. The normalized spacial score (nSPS) is 32.6. The Labute approximate surface area is 116 Å². The van der Waals surface area contributed by atoms with Crippen molar-refractivity contribution < 1.29 is 9.90 Å². The first-order valence-corrected chi connectivity index (χ1v) is 7.91. The maximum atomic E-state index is 12.4. The summed E-state index contributed by atoms with van der Waals surface area (Å²) in [5.41, 5.74) is 0. The van der Waals surface area contributed by atoms with E-state index < -0.39 is 0 Å². The SMILES string of the molecule is CCCNC1CCCN(CC2CCC(O)CC2)C1=O. The monoisotopic (exact) mass is 268 g/mol. The van der Waals surface area contributed by atoms with Crippen LogP contribution in [0, 0.1) is 5.92 Å². The summed E-state index contributed by atoms with van der Waals surface area (Å²) in [6.45, 7) is 4.88. The van der Waals surface area contributed by atoms with Crippen molar-refractivity contribution in [1.29, 1.82) is 0 Å². The molecule has 2 aliphatic rings. The molecule has 4 heteroatoms. The van der Waals surface area contributed by atoms with Crippen molar-refractivity contribution in [2.45, 2.75) is 64.0 Å². The van der Waals surface area contributed by atoms with Gasteiger partial charge in [-0.2, -0.15) is 0 Å². The molecule has 0 radical (unpaired) electrons. The molecule has 1 saturated carbocycles. The number of amides is 1. The molecule has 110 valence electrons. The second-order valence-electron chi connectivity index (χ2n) is 6.11. The van der Waals surface area contributed by atoms with Crippen molar-refractivity contribution in [3.63, 3.8) is 0 Å². The van der Waals surface area contributed by atoms with Gasteiger partial charge in [-0.15, -0.1) is 0 Å². The summed E-state index contributed by atoms with van der Waals surface area (Å²) in [5, 5.41) is 12.9. The molecule has 1 amide bonds. The van der Waals surface area contributed by atoms with Gasteiger partial charge in [-0.25, -0.2) is 0 Å². The summed E-state index contributed by atoms with van der Waals surface area (Å²) < 4.78 is 0. The highest BCUT2D eigenvalue weighted by atomic mass is 16.3. The number of nitrogens with zero attached hydrogens (tertiary/aromatic N) is 1. The summed E-state index contributed by atoms with van der Waals surface area (Å²) in [6, 6.07) is 0.0443. The van der Waals surface area contributed by atoms with Crippen LogP contribution in [0.25, 0.3) is 0 Å². The zero-order valence-electron chi connectivity index (χ0n) is 12.1. The summed E-state index contributed by atoms with van der Waals surface area (Å²) >= 11 is 0. The Hall–Kier alpha value is -0.610. The second-order valence-corrected chi connectivity index (χ2v) is 6.11. The zero-order chi connectivity index (χ0) is 13.7. The molecule has 1 aliphatic carbocycles. The van der Waals surface area contributed by atoms with Crippen LogP contribution in [0.5, 0.6) is 0 Å². The van der Waals surface area contributed by atoms with Crippen LogP contribution >= 0.6 is 0 Å². The van der Waals surface area contributed by atoms with Gasteiger partial charge in [0, 0.05) is 13.1 Å². The van der Waals surface area contributed by atoms with E-state index in [2.05, 4.69) is 17.1 Å². The van der Waals surface area contributed by atoms with Crippen molar-refractivity contribution >= 4 is 5.91 Å². The van der Waals surface area contributed by atoms with Gasteiger partial charge in [-0.3, -0.25) is 4.79 Å². The summed E-state index contributed by atoms with van der Waals surface area (Å²) in [7, 11) is 0. The average Bonchev–Trinajstić information content (AvgIpc) is 2.42. The fraction of sp³-hybridized carbons (Fsp3) is 0.933. The maximum absolute atomic E-state index is 12.4. The lowest BCUT2D eigenvalue weighted by Crippen LogP contribution is -2.52. The molecule has 0 spiro atoms. The van der Waals surface area contributed by atoms with Crippen LogP contribution in [-0.2, 0) is 4.79 Å². The molecule has 2 fully saturated rings. The average molecular weight is 268 g/mol. The van der Waals surface area contributed by atoms with E-state index in [4.69, 9.17) is 0 Å². The van der Waals surface area contributed by atoms with Crippen LogP contribution in [0.3, 0.4) is 0 Å². The number of nitrogens with one attached hydrogen (secondary N) is 1. The van der Waals surface area contributed by atoms with Gasteiger partial charge in [-0.1, -0.05) is 6.92 Å². The van der Waals surface area contributed by atoms with E-state index >= 15 is 0 Å². The van der Waals surface area contributed by atoms with Gasteiger partial charge in [0.15, 0.2) is 0 Å². The van der Waals surface area contributed by atoms with Crippen molar-refractivity contribution in [1.82, 2.24) is 10.2 Å². The number of aliphatic hydroxyl groups is 1. The molecule has 1 unspecified atom stereocenters. The fourth-order valence-electron chi connectivity index (χ4n) is 3.27. The Morgan fingerprint density at radius 1 is 1.26 bits per heavy atom. The molecule has 0 bridgehead atoms. The molecule has 19 heavy (non-hydrogen) atoms. The molecule has 1 heterocycles. The van der Waals surface area contributed by atoms with Crippen molar-refractivity contribution in [2.75, 3.05) is 19.6 Å². The summed E-state index contributed by atoms with van der Waals surface area (Å²) in [4.78, 5) is 14.4. The zero-order valence-corrected chi connectivity index (χ0v) is 12.1. The van der Waals surface area contributed by atoms with E-state index in [-0.39, 0.29) is 12.1 Å². The highest BCUT2D eigenvalue weighted by Gasteiger charge is 2.30. The third-order valence-electron chi connectivity index (χ3n) is 4.47. The van der Waals surface area contributed by atoms with E-state index in [0.717, 1.165) is 64.6 Å². The van der Waals surface area contributed by atoms with Gasteiger partial charge in [-0.05, 0) is 57.4 Å². The van der Waals surface area contributed by atoms with Crippen LogP contribution < -0.4 is 5.32 Å². The number of likely N-dealkylation sites (tertiary alicyclic amines) is 1. The number of aliphatic hydroxyl groups excluding tert-OH is 1. The Morgan fingerprint density at radius 2 is 2.00 bits per heavy atom. The van der Waals surface area contributed by atoms with Crippen LogP contribution in [0.1, 0.15) is 51.9 Å². The van der Waals surface area contributed by atoms with Crippen LogP contribution in [0.2, 0.25) is 0 Å². The minimum Gasteiger partial charge on any atom is -0.393 e. The third-order valence-corrected chi connectivity index (χ3v) is 4.47. The second kappa shape index (κ2) is 7.25. The Balaban J connectivity index is 1.80. The molecule has 1 atom stereocenters. The van der Waals surface area contributed by atoms with Gasteiger partial charge < -0.3 is 15.3 Å². The third kappa shape index (κ3) is 4.18. The van der Waals surface area contributed by atoms with Crippen LogP contribution in [0.4, 0.5) is 0 Å². The first-order valence-electron chi connectivity index (χ1n) is 7.91. The first kappa shape index (κ1) is 14.8. The van der Waals surface area contributed by atoms with Crippen LogP contribution in [-0.4, -0.2) is 47.7 Å². The largest absolute Gasteiger partial charge is 0.393 e. The smallest absolute Gasteiger partial charge is 0.239 e. The first-order chi connectivity index (χ1) is 9.20. The lowest BCUT2D eigenvalue weighted by molar-refractivity contribution is -0.136. The molecular formula is C15H28N2O2. The Morgan fingerprint density at radius 3 is 2.68 bits per heavy atom. The molecule has 4 nitrogen and oxygen atoms in total. The van der Waals surface area contributed by atoms with Gasteiger partial charge in [0.1, 0.15) is 0 Å². The number of hydrogen-bond donors (Lipinski definition) is 2. The van der Waals surface area contributed by atoms with E-state index in [0.29, 0.717) is 11.8 Å². The molecule has 0 aromatic rings. The molecular weight excluding hydrogens is 240 g/mol.